The molecule has 0 spiro atoms. The summed E-state index contributed by atoms with van der Waals surface area (Å²) in [7, 11) is 1.78. The van der Waals surface area contributed by atoms with Gasteiger partial charge in [0.2, 0.25) is 0 Å². The van der Waals surface area contributed by atoms with Gasteiger partial charge in [-0.3, -0.25) is 4.68 Å². The van der Waals surface area contributed by atoms with Crippen LogP contribution in [0, 0.1) is 16.7 Å². The molecule has 5 heteroatoms. The molecule has 1 aliphatic heterocycles. The number of hydrogen-bond acceptors (Lipinski definition) is 4. The average Bonchev–Trinajstić information content (AvgIpc) is 2.92. The van der Waals surface area contributed by atoms with Crippen LogP contribution in [0.2, 0.25) is 0 Å². The predicted molar refractivity (Wildman–Crippen MR) is 71.9 cm³/mol. The first-order valence-electron chi connectivity index (χ1n) is 6.43. The molecule has 2 atom stereocenters. The van der Waals surface area contributed by atoms with Crippen molar-refractivity contribution in [3.05, 3.63) is 47.8 Å². The minimum absolute atomic E-state index is 0.177. The van der Waals surface area contributed by atoms with Crippen LogP contribution in [0.3, 0.4) is 0 Å². The quantitative estimate of drug-likeness (QED) is 0.899. The largest absolute Gasteiger partial charge is 0.492 e. The van der Waals surface area contributed by atoms with Crippen molar-refractivity contribution in [2.75, 3.05) is 6.61 Å². The Morgan fingerprint density at radius 1 is 1.50 bits per heavy atom. The average molecular weight is 269 g/mol. The van der Waals surface area contributed by atoms with Gasteiger partial charge in [0.15, 0.2) is 0 Å². The van der Waals surface area contributed by atoms with Gasteiger partial charge in [-0.2, -0.15) is 10.4 Å². The van der Waals surface area contributed by atoms with Gasteiger partial charge in [-0.25, -0.2) is 0 Å². The molecule has 2 aromatic rings. The third kappa shape index (κ3) is 1.95. The zero-order valence-electron chi connectivity index (χ0n) is 11.2. The Morgan fingerprint density at radius 3 is 3.00 bits per heavy atom. The second kappa shape index (κ2) is 4.66. The molecule has 1 aliphatic rings. The van der Waals surface area contributed by atoms with Crippen molar-refractivity contribution < 1.29 is 9.84 Å². The highest BCUT2D eigenvalue weighted by Crippen LogP contribution is 2.42. The van der Waals surface area contributed by atoms with Crippen LogP contribution in [0.4, 0.5) is 0 Å². The summed E-state index contributed by atoms with van der Waals surface area (Å²) in [5, 5.41) is 24.2. The van der Waals surface area contributed by atoms with Gasteiger partial charge in [0, 0.05) is 25.2 Å². The number of aliphatic hydroxyl groups excluding tert-OH is 1. The number of fused-ring (bicyclic) bond motifs is 1. The molecule has 3 rings (SSSR count). The smallest absolute Gasteiger partial charge is 0.125 e. The second-order valence-electron chi connectivity index (χ2n) is 5.19. The fourth-order valence-corrected chi connectivity index (χ4v) is 2.60. The van der Waals surface area contributed by atoms with E-state index in [4.69, 9.17) is 4.74 Å². The summed E-state index contributed by atoms with van der Waals surface area (Å²) in [6.07, 6.45) is 2.86. The van der Waals surface area contributed by atoms with Crippen LogP contribution >= 0.6 is 0 Å². The lowest BCUT2D eigenvalue weighted by Crippen LogP contribution is -2.39. The van der Waals surface area contributed by atoms with Crippen LogP contribution < -0.4 is 4.74 Å². The minimum Gasteiger partial charge on any atom is -0.492 e. The normalized spacial score (nSPS) is 22.4. The second-order valence-corrected chi connectivity index (χ2v) is 5.19. The standard InChI is InChI=1S/C15H15N3O2/c1-18-8-12(7-17-18)14(19)15(9-16)6-11-4-2-3-5-13(11)20-10-15/h2-5,7-8,14,19H,6,10H2,1H3. The molecule has 5 nitrogen and oxygen atoms in total. The Morgan fingerprint density at radius 2 is 2.30 bits per heavy atom. The van der Waals surface area contributed by atoms with Crippen LogP contribution in [-0.4, -0.2) is 21.5 Å². The lowest BCUT2D eigenvalue weighted by atomic mass is 9.75. The summed E-state index contributed by atoms with van der Waals surface area (Å²) in [5.41, 5.74) is 0.609. The number of aryl methyl sites for hydroxylation is 1. The number of hydrogen-bond donors (Lipinski definition) is 1. The molecule has 0 fully saturated rings. The van der Waals surface area contributed by atoms with E-state index in [9.17, 15) is 10.4 Å². The van der Waals surface area contributed by atoms with E-state index in [0.29, 0.717) is 12.0 Å². The summed E-state index contributed by atoms with van der Waals surface area (Å²) >= 11 is 0. The minimum atomic E-state index is -0.975. The van der Waals surface area contributed by atoms with Crippen molar-refractivity contribution in [1.82, 2.24) is 9.78 Å². The number of nitrogens with zero attached hydrogens (tertiary/aromatic N) is 3. The molecule has 0 aliphatic carbocycles. The van der Waals surface area contributed by atoms with Gasteiger partial charge in [-0.15, -0.1) is 0 Å². The molecule has 2 heterocycles. The van der Waals surface area contributed by atoms with E-state index in [2.05, 4.69) is 11.2 Å². The van der Waals surface area contributed by atoms with Crippen molar-refractivity contribution in [3.8, 4) is 11.8 Å². The van der Waals surface area contributed by atoms with Gasteiger partial charge in [0.05, 0.1) is 12.3 Å². The molecule has 0 radical (unpaired) electrons. The number of benzene rings is 1. The Hall–Kier alpha value is -2.32. The SMILES string of the molecule is Cn1cc(C(O)C2(C#N)COc3ccccc3C2)cn1. The Kier molecular flexibility index (Phi) is 2.96. The molecule has 0 saturated heterocycles. The molecule has 2 unspecified atom stereocenters. The highest BCUT2D eigenvalue weighted by Gasteiger charge is 2.44. The molecular weight excluding hydrogens is 254 g/mol. The monoisotopic (exact) mass is 269 g/mol. The van der Waals surface area contributed by atoms with Crippen LogP contribution in [0.1, 0.15) is 17.2 Å². The first kappa shape index (κ1) is 12.7. The predicted octanol–water partition coefficient (Wildman–Crippen LogP) is 1.60. The number of para-hydroxylation sites is 1. The van der Waals surface area contributed by atoms with Gasteiger partial charge >= 0.3 is 0 Å². The van der Waals surface area contributed by atoms with Gasteiger partial charge < -0.3 is 9.84 Å². The van der Waals surface area contributed by atoms with Crippen molar-refractivity contribution in [3.63, 3.8) is 0 Å². The van der Waals surface area contributed by atoms with Crippen molar-refractivity contribution in [1.29, 1.82) is 5.26 Å². The molecule has 20 heavy (non-hydrogen) atoms. The van der Waals surface area contributed by atoms with Gasteiger partial charge in [0.25, 0.3) is 0 Å². The van der Waals surface area contributed by atoms with Crippen molar-refractivity contribution in [2.24, 2.45) is 12.5 Å². The van der Waals surface area contributed by atoms with Crippen molar-refractivity contribution in [2.45, 2.75) is 12.5 Å². The maximum atomic E-state index is 10.6. The van der Waals surface area contributed by atoms with Crippen LogP contribution in [0.25, 0.3) is 0 Å². The fourth-order valence-electron chi connectivity index (χ4n) is 2.60. The Bertz CT molecular complexity index is 674. The third-order valence-electron chi connectivity index (χ3n) is 3.75. The van der Waals surface area contributed by atoms with Crippen LogP contribution in [0.15, 0.2) is 36.7 Å². The lowest BCUT2D eigenvalue weighted by molar-refractivity contribution is 0.0171. The van der Waals surface area contributed by atoms with E-state index in [1.165, 1.54) is 0 Å². The third-order valence-corrected chi connectivity index (χ3v) is 3.75. The number of aliphatic hydroxyl groups is 1. The first-order chi connectivity index (χ1) is 9.64. The molecule has 0 amide bonds. The molecule has 1 aromatic carbocycles. The summed E-state index contributed by atoms with van der Waals surface area (Å²) in [5.74, 6) is 0.789. The van der Waals surface area contributed by atoms with E-state index < -0.39 is 11.5 Å². The van der Waals surface area contributed by atoms with E-state index in [0.717, 1.165) is 11.3 Å². The maximum absolute atomic E-state index is 10.6. The van der Waals surface area contributed by atoms with Gasteiger partial charge in [-0.05, 0) is 11.6 Å². The van der Waals surface area contributed by atoms with Crippen LogP contribution in [-0.2, 0) is 13.5 Å². The highest BCUT2D eigenvalue weighted by molar-refractivity contribution is 5.38. The molecular formula is C15H15N3O2. The number of ether oxygens (including phenoxy) is 1. The molecule has 0 saturated carbocycles. The van der Waals surface area contributed by atoms with E-state index in [1.54, 1.807) is 24.1 Å². The topological polar surface area (TPSA) is 71.1 Å². The zero-order valence-corrected chi connectivity index (χ0v) is 11.2. The maximum Gasteiger partial charge on any atom is 0.125 e. The molecule has 1 aromatic heterocycles. The van der Waals surface area contributed by atoms with Gasteiger partial charge in [0.1, 0.15) is 23.9 Å². The van der Waals surface area contributed by atoms with E-state index in [-0.39, 0.29) is 6.61 Å². The van der Waals surface area contributed by atoms with E-state index in [1.807, 2.05) is 24.3 Å². The summed E-state index contributed by atoms with van der Waals surface area (Å²) in [4.78, 5) is 0. The fraction of sp³-hybridized carbons (Fsp3) is 0.333. The molecule has 0 bridgehead atoms. The Balaban J connectivity index is 1.96. The summed E-state index contributed by atoms with van der Waals surface area (Å²) in [6, 6.07) is 9.87. The number of aromatic nitrogens is 2. The first-order valence-corrected chi connectivity index (χ1v) is 6.43. The number of rotatable bonds is 2. The lowest BCUT2D eigenvalue weighted by Gasteiger charge is -2.35. The highest BCUT2D eigenvalue weighted by atomic mass is 16.5. The Labute approximate surface area is 117 Å². The van der Waals surface area contributed by atoms with Gasteiger partial charge in [-0.1, -0.05) is 18.2 Å². The summed E-state index contributed by atoms with van der Waals surface area (Å²) < 4.78 is 7.28. The van der Waals surface area contributed by atoms with E-state index >= 15 is 0 Å². The number of nitriles is 1. The molecule has 1 N–H and O–H groups in total. The molecule has 102 valence electrons. The zero-order chi connectivity index (χ0) is 14.2. The van der Waals surface area contributed by atoms with Crippen molar-refractivity contribution >= 4 is 0 Å². The summed E-state index contributed by atoms with van der Waals surface area (Å²) in [6.45, 7) is 0.177. The van der Waals surface area contributed by atoms with Crippen LogP contribution in [0.5, 0.6) is 5.75 Å².